The molecular weight excluding hydrogens is 160 g/mol. The maximum atomic E-state index is 11.0. The van der Waals surface area contributed by atoms with E-state index in [-0.39, 0.29) is 23.6 Å². The Bertz CT molecular complexity index is 199. The molecule has 0 spiro atoms. The van der Waals surface area contributed by atoms with Crippen LogP contribution in [0.2, 0.25) is 0 Å². The van der Waals surface area contributed by atoms with E-state index >= 15 is 0 Å². The number of hydrogen-bond donors (Lipinski definition) is 0. The molecule has 4 heteroatoms. The predicted molar refractivity (Wildman–Crippen MR) is 40.5 cm³/mol. The van der Waals surface area contributed by atoms with E-state index in [1.54, 1.807) is 0 Å². The molecule has 68 valence electrons. The lowest BCUT2D eigenvalue weighted by Crippen LogP contribution is -2.44. The molecule has 1 aliphatic carbocycles. The molecule has 1 rings (SSSR count). The Hall–Kier alpha value is -0.900. The molecule has 0 aliphatic heterocycles. The van der Waals surface area contributed by atoms with E-state index in [9.17, 15) is 9.59 Å². The van der Waals surface area contributed by atoms with E-state index in [0.717, 1.165) is 0 Å². The SMILES string of the molecule is COC[C@H]1C(=O)C[C@@H]1C(=O)OC. The van der Waals surface area contributed by atoms with Gasteiger partial charge in [0, 0.05) is 13.5 Å². The van der Waals surface area contributed by atoms with E-state index in [1.165, 1.54) is 14.2 Å². The van der Waals surface area contributed by atoms with Crippen LogP contribution in [-0.4, -0.2) is 32.6 Å². The maximum absolute atomic E-state index is 11.0. The van der Waals surface area contributed by atoms with Crippen molar-refractivity contribution in [1.29, 1.82) is 0 Å². The largest absolute Gasteiger partial charge is 0.469 e. The zero-order valence-electron chi connectivity index (χ0n) is 7.20. The number of methoxy groups -OCH3 is 2. The number of esters is 1. The molecule has 0 saturated heterocycles. The van der Waals surface area contributed by atoms with Crippen molar-refractivity contribution >= 4 is 11.8 Å². The van der Waals surface area contributed by atoms with Crippen molar-refractivity contribution in [3.05, 3.63) is 0 Å². The molecule has 12 heavy (non-hydrogen) atoms. The van der Waals surface area contributed by atoms with Crippen LogP contribution in [0.3, 0.4) is 0 Å². The summed E-state index contributed by atoms with van der Waals surface area (Å²) < 4.78 is 9.34. The van der Waals surface area contributed by atoms with Gasteiger partial charge in [0.05, 0.1) is 25.6 Å². The molecule has 0 N–H and O–H groups in total. The minimum absolute atomic E-state index is 0.0900. The van der Waals surface area contributed by atoms with Crippen LogP contribution in [0.15, 0.2) is 0 Å². The van der Waals surface area contributed by atoms with Gasteiger partial charge in [-0.2, -0.15) is 0 Å². The van der Waals surface area contributed by atoms with Crippen LogP contribution in [-0.2, 0) is 19.1 Å². The van der Waals surface area contributed by atoms with Crippen molar-refractivity contribution in [3.8, 4) is 0 Å². The van der Waals surface area contributed by atoms with Crippen molar-refractivity contribution in [1.82, 2.24) is 0 Å². The maximum Gasteiger partial charge on any atom is 0.309 e. The van der Waals surface area contributed by atoms with E-state index in [0.29, 0.717) is 13.0 Å². The summed E-state index contributed by atoms with van der Waals surface area (Å²) >= 11 is 0. The van der Waals surface area contributed by atoms with E-state index in [1.807, 2.05) is 0 Å². The molecule has 0 aromatic carbocycles. The van der Waals surface area contributed by atoms with Crippen LogP contribution in [0.4, 0.5) is 0 Å². The van der Waals surface area contributed by atoms with Crippen LogP contribution in [0.1, 0.15) is 6.42 Å². The topological polar surface area (TPSA) is 52.6 Å². The van der Waals surface area contributed by atoms with Gasteiger partial charge in [-0.05, 0) is 0 Å². The van der Waals surface area contributed by atoms with Crippen molar-refractivity contribution < 1.29 is 19.1 Å². The lowest BCUT2D eigenvalue weighted by molar-refractivity contribution is -0.160. The Morgan fingerprint density at radius 2 is 2.25 bits per heavy atom. The van der Waals surface area contributed by atoms with Crippen LogP contribution >= 0.6 is 0 Å². The van der Waals surface area contributed by atoms with Gasteiger partial charge in [0.25, 0.3) is 0 Å². The molecule has 1 aliphatic rings. The smallest absolute Gasteiger partial charge is 0.309 e. The van der Waals surface area contributed by atoms with Gasteiger partial charge in [0.1, 0.15) is 5.78 Å². The third kappa shape index (κ3) is 1.48. The summed E-state index contributed by atoms with van der Waals surface area (Å²) in [6.07, 6.45) is 0.306. The fourth-order valence-corrected chi connectivity index (χ4v) is 1.36. The lowest BCUT2D eigenvalue weighted by atomic mass is 9.73. The fourth-order valence-electron chi connectivity index (χ4n) is 1.36. The van der Waals surface area contributed by atoms with Gasteiger partial charge in [-0.15, -0.1) is 0 Å². The Balaban J connectivity index is 2.47. The average molecular weight is 172 g/mol. The van der Waals surface area contributed by atoms with E-state index in [2.05, 4.69) is 4.74 Å². The zero-order valence-corrected chi connectivity index (χ0v) is 7.20. The quantitative estimate of drug-likeness (QED) is 0.563. The molecule has 0 aromatic heterocycles. The summed E-state index contributed by atoms with van der Waals surface area (Å²) in [5.41, 5.74) is 0. The molecule has 1 saturated carbocycles. The first-order valence-electron chi connectivity index (χ1n) is 3.80. The second-order valence-electron chi connectivity index (χ2n) is 2.86. The number of rotatable bonds is 3. The normalized spacial score (nSPS) is 28.0. The van der Waals surface area contributed by atoms with Crippen molar-refractivity contribution in [2.24, 2.45) is 11.8 Å². The highest BCUT2D eigenvalue weighted by molar-refractivity contribution is 5.96. The molecule has 0 radical (unpaired) electrons. The van der Waals surface area contributed by atoms with Crippen molar-refractivity contribution in [2.45, 2.75) is 6.42 Å². The lowest BCUT2D eigenvalue weighted by Gasteiger charge is -2.31. The highest BCUT2D eigenvalue weighted by Crippen LogP contribution is 2.31. The summed E-state index contributed by atoms with van der Waals surface area (Å²) in [5.74, 6) is -0.770. The number of carbonyl (C=O) groups excluding carboxylic acids is 2. The van der Waals surface area contributed by atoms with Crippen LogP contribution in [0.25, 0.3) is 0 Å². The minimum atomic E-state index is -0.309. The number of hydrogen-bond acceptors (Lipinski definition) is 4. The fraction of sp³-hybridized carbons (Fsp3) is 0.750. The van der Waals surface area contributed by atoms with Gasteiger partial charge < -0.3 is 9.47 Å². The molecule has 0 unspecified atom stereocenters. The number of Topliss-reactive ketones (excluding diaryl/α,β-unsaturated/α-hetero) is 1. The van der Waals surface area contributed by atoms with Gasteiger partial charge in [-0.25, -0.2) is 0 Å². The van der Waals surface area contributed by atoms with Crippen LogP contribution < -0.4 is 0 Å². The van der Waals surface area contributed by atoms with Gasteiger partial charge in [0.2, 0.25) is 0 Å². The first kappa shape index (κ1) is 9.19. The summed E-state index contributed by atoms with van der Waals surface area (Å²) in [5, 5.41) is 0. The highest BCUT2D eigenvalue weighted by atomic mass is 16.5. The average Bonchev–Trinajstić information content (AvgIpc) is 2.09. The zero-order chi connectivity index (χ0) is 9.14. The van der Waals surface area contributed by atoms with Crippen molar-refractivity contribution in [2.75, 3.05) is 20.8 Å². The minimum Gasteiger partial charge on any atom is -0.469 e. The summed E-state index contributed by atoms with van der Waals surface area (Å²) in [6.45, 7) is 0.318. The monoisotopic (exact) mass is 172 g/mol. The van der Waals surface area contributed by atoms with E-state index < -0.39 is 0 Å². The first-order chi connectivity index (χ1) is 5.70. The molecule has 2 atom stereocenters. The van der Waals surface area contributed by atoms with E-state index in [4.69, 9.17) is 4.74 Å². The Morgan fingerprint density at radius 1 is 1.58 bits per heavy atom. The predicted octanol–water partition coefficient (Wildman–Crippen LogP) is 0.0110. The first-order valence-corrected chi connectivity index (χ1v) is 3.80. The molecular formula is C8H12O4. The van der Waals surface area contributed by atoms with Gasteiger partial charge >= 0.3 is 5.97 Å². The highest BCUT2D eigenvalue weighted by Gasteiger charge is 2.44. The summed E-state index contributed by atoms with van der Waals surface area (Å²) in [7, 11) is 2.84. The third-order valence-electron chi connectivity index (χ3n) is 2.17. The second-order valence-corrected chi connectivity index (χ2v) is 2.86. The molecule has 0 heterocycles. The van der Waals surface area contributed by atoms with Gasteiger partial charge in [-0.1, -0.05) is 0 Å². The van der Waals surface area contributed by atoms with Gasteiger partial charge in [0.15, 0.2) is 0 Å². The Morgan fingerprint density at radius 3 is 2.67 bits per heavy atom. The molecule has 0 aromatic rings. The number of ether oxygens (including phenoxy) is 2. The standard InChI is InChI=1S/C8H12O4/c1-11-4-6-5(3-7(6)9)8(10)12-2/h5-6H,3-4H2,1-2H3/t5-,6+/m0/s1. The Kier molecular flexibility index (Phi) is 2.81. The van der Waals surface area contributed by atoms with Crippen LogP contribution in [0.5, 0.6) is 0 Å². The number of ketones is 1. The Labute approximate surface area is 70.8 Å². The summed E-state index contributed by atoms with van der Waals surface area (Å²) in [4.78, 5) is 22.0. The third-order valence-corrected chi connectivity index (χ3v) is 2.17. The molecule has 4 nitrogen and oxygen atoms in total. The molecule has 0 amide bonds. The van der Waals surface area contributed by atoms with Crippen LogP contribution in [0, 0.1) is 11.8 Å². The number of carbonyl (C=O) groups is 2. The van der Waals surface area contributed by atoms with Crippen molar-refractivity contribution in [3.63, 3.8) is 0 Å². The van der Waals surface area contributed by atoms with Gasteiger partial charge in [-0.3, -0.25) is 9.59 Å². The second kappa shape index (κ2) is 3.67. The summed E-state index contributed by atoms with van der Waals surface area (Å²) in [6, 6.07) is 0. The molecule has 1 fully saturated rings. The molecule has 0 bridgehead atoms.